The van der Waals surface area contributed by atoms with Crippen LogP contribution in [0.1, 0.15) is 87.9 Å². The average Bonchev–Trinajstić information content (AvgIpc) is 3.73. The van der Waals surface area contributed by atoms with Gasteiger partial charge in [0.2, 0.25) is 0 Å². The lowest BCUT2D eigenvalue weighted by atomic mass is 9.84. The Hall–Kier alpha value is -3.26. The molecule has 0 radical (unpaired) electrons. The van der Waals surface area contributed by atoms with Crippen LogP contribution in [0.4, 0.5) is 10.1 Å². The van der Waals surface area contributed by atoms with Crippen LogP contribution < -0.4 is 19.1 Å². The van der Waals surface area contributed by atoms with E-state index in [4.69, 9.17) is 18.9 Å². The van der Waals surface area contributed by atoms with E-state index in [1.807, 2.05) is 45.0 Å². The number of halogens is 1. The number of nitrogens with zero attached hydrogens (tertiary/aromatic N) is 2. The number of Topliss-reactive ketones (excluding diaryl/α,β-unsaturated/α-hetero) is 1. The summed E-state index contributed by atoms with van der Waals surface area (Å²) in [4.78, 5) is 18.6. The third-order valence-corrected chi connectivity index (χ3v) is 8.52. The van der Waals surface area contributed by atoms with Crippen molar-refractivity contribution in [1.82, 2.24) is 4.90 Å². The highest BCUT2D eigenvalue weighted by molar-refractivity contribution is 6.00. The van der Waals surface area contributed by atoms with E-state index in [-0.39, 0.29) is 23.5 Å². The van der Waals surface area contributed by atoms with Crippen LogP contribution in [-0.4, -0.2) is 63.9 Å². The molecule has 0 N–H and O–H groups in total. The van der Waals surface area contributed by atoms with E-state index in [0.717, 1.165) is 54.2 Å². The van der Waals surface area contributed by atoms with E-state index in [0.29, 0.717) is 49.7 Å². The topological polar surface area (TPSA) is 60.5 Å². The summed E-state index contributed by atoms with van der Waals surface area (Å²) in [6, 6.07) is 5.89. The standard InChI is InChI=1S/C34H45FN2O5/c1-8-11-25-29-23(20-28(41-9-2)32(30(29)35)42-10-3)34(12-13-34)37(25)21-27(38)22-18-24(33(4,5)6)31(39-7)26(19-22)36-14-16-40-17-15-36/h11,18-20H,8-10,12-17,21H2,1-7H3. The molecule has 228 valence electrons. The van der Waals surface area contributed by atoms with Crippen molar-refractivity contribution in [3.8, 4) is 17.2 Å². The fourth-order valence-electron chi connectivity index (χ4n) is 6.40. The second kappa shape index (κ2) is 11.8. The first-order valence-electron chi connectivity index (χ1n) is 15.3. The van der Waals surface area contributed by atoms with Gasteiger partial charge in [-0.3, -0.25) is 4.79 Å². The van der Waals surface area contributed by atoms with Crippen LogP contribution in [-0.2, 0) is 15.7 Å². The highest BCUT2D eigenvalue weighted by Gasteiger charge is 2.58. The molecule has 0 bridgehead atoms. The van der Waals surface area contributed by atoms with Crippen molar-refractivity contribution in [3.63, 3.8) is 0 Å². The van der Waals surface area contributed by atoms with Crippen molar-refractivity contribution in [1.29, 1.82) is 0 Å². The van der Waals surface area contributed by atoms with Crippen molar-refractivity contribution in [2.24, 2.45) is 0 Å². The zero-order valence-corrected chi connectivity index (χ0v) is 26.2. The molecule has 3 aliphatic rings. The Kier molecular flexibility index (Phi) is 8.48. The van der Waals surface area contributed by atoms with Crippen molar-refractivity contribution in [2.75, 3.05) is 58.1 Å². The molecule has 8 heteroatoms. The van der Waals surface area contributed by atoms with Gasteiger partial charge < -0.3 is 28.7 Å². The van der Waals surface area contributed by atoms with Gasteiger partial charge in [-0.2, -0.15) is 0 Å². The van der Waals surface area contributed by atoms with E-state index in [1.54, 1.807) is 7.11 Å². The molecular formula is C34H45FN2O5. The second-order valence-corrected chi connectivity index (χ2v) is 12.3. The van der Waals surface area contributed by atoms with Gasteiger partial charge >= 0.3 is 0 Å². The number of fused-ring (bicyclic) bond motifs is 2. The van der Waals surface area contributed by atoms with Crippen LogP contribution in [0.2, 0.25) is 0 Å². The first-order chi connectivity index (χ1) is 20.1. The maximum absolute atomic E-state index is 16.3. The van der Waals surface area contributed by atoms with Gasteiger partial charge in [0.25, 0.3) is 0 Å². The number of anilines is 1. The number of ketones is 1. The number of hydrogen-bond acceptors (Lipinski definition) is 7. The molecule has 1 saturated heterocycles. The minimum absolute atomic E-state index is 0.00535. The van der Waals surface area contributed by atoms with Gasteiger partial charge in [0.05, 0.1) is 51.3 Å². The van der Waals surface area contributed by atoms with Crippen LogP contribution in [0.15, 0.2) is 24.3 Å². The van der Waals surface area contributed by atoms with Crippen LogP contribution in [0.5, 0.6) is 17.2 Å². The van der Waals surface area contributed by atoms with Gasteiger partial charge in [-0.05, 0) is 62.3 Å². The molecule has 0 aromatic heterocycles. The molecule has 2 aromatic carbocycles. The summed E-state index contributed by atoms with van der Waals surface area (Å²) in [5, 5.41) is 0. The predicted octanol–water partition coefficient (Wildman–Crippen LogP) is 6.70. The maximum Gasteiger partial charge on any atom is 0.197 e. The molecule has 2 aliphatic heterocycles. The number of hydrogen-bond donors (Lipinski definition) is 0. The third-order valence-electron chi connectivity index (χ3n) is 8.52. The fraction of sp³-hybridized carbons (Fsp3) is 0.559. The molecule has 1 aliphatic carbocycles. The Bertz CT molecular complexity index is 1370. The summed E-state index contributed by atoms with van der Waals surface area (Å²) in [5.74, 6) is 0.950. The molecule has 2 heterocycles. The van der Waals surface area contributed by atoms with Crippen molar-refractivity contribution in [2.45, 2.75) is 71.8 Å². The van der Waals surface area contributed by atoms with Gasteiger partial charge in [-0.1, -0.05) is 33.8 Å². The number of morpholine rings is 1. The summed E-state index contributed by atoms with van der Waals surface area (Å²) >= 11 is 0. The van der Waals surface area contributed by atoms with Gasteiger partial charge in [0, 0.05) is 35.5 Å². The summed E-state index contributed by atoms with van der Waals surface area (Å²) < 4.78 is 39.4. The smallest absolute Gasteiger partial charge is 0.197 e. The van der Waals surface area contributed by atoms with Gasteiger partial charge in [0.15, 0.2) is 23.1 Å². The van der Waals surface area contributed by atoms with Gasteiger partial charge in [-0.15, -0.1) is 0 Å². The molecule has 2 aromatic rings. The van der Waals surface area contributed by atoms with Gasteiger partial charge in [-0.25, -0.2) is 4.39 Å². The van der Waals surface area contributed by atoms with E-state index < -0.39 is 11.4 Å². The number of methoxy groups -OCH3 is 1. The molecule has 2 fully saturated rings. The minimum Gasteiger partial charge on any atom is -0.494 e. The lowest BCUT2D eigenvalue weighted by Gasteiger charge is -2.33. The number of carbonyl (C=O) groups is 1. The summed E-state index contributed by atoms with van der Waals surface area (Å²) in [6.45, 7) is 15.8. The van der Waals surface area contributed by atoms with Crippen LogP contribution >= 0.6 is 0 Å². The Morgan fingerprint density at radius 2 is 1.74 bits per heavy atom. The number of ether oxygens (including phenoxy) is 4. The fourth-order valence-corrected chi connectivity index (χ4v) is 6.40. The molecule has 7 nitrogen and oxygen atoms in total. The largest absolute Gasteiger partial charge is 0.494 e. The number of rotatable bonds is 10. The predicted molar refractivity (Wildman–Crippen MR) is 164 cm³/mol. The van der Waals surface area contributed by atoms with Crippen LogP contribution in [0.25, 0.3) is 5.70 Å². The van der Waals surface area contributed by atoms with E-state index in [1.165, 1.54) is 0 Å². The molecule has 42 heavy (non-hydrogen) atoms. The average molecular weight is 581 g/mol. The molecule has 0 amide bonds. The SMILES string of the molecule is CCC=C1c2c(cc(OCC)c(OCC)c2F)C2(CC2)N1CC(=O)c1cc(N2CCOCC2)c(OC)c(C(C)(C)C)c1. The Morgan fingerprint density at radius 3 is 2.31 bits per heavy atom. The lowest BCUT2D eigenvalue weighted by molar-refractivity contribution is 0.0938. The molecule has 1 spiro atoms. The number of carbonyl (C=O) groups excluding carboxylic acids is 1. The lowest BCUT2D eigenvalue weighted by Crippen LogP contribution is -2.37. The Labute approximate surface area is 249 Å². The van der Waals surface area contributed by atoms with Crippen molar-refractivity contribution >= 4 is 17.2 Å². The molecule has 5 rings (SSSR count). The monoisotopic (exact) mass is 580 g/mol. The summed E-state index contributed by atoms with van der Waals surface area (Å²) in [5.41, 5.74) is 4.06. The van der Waals surface area contributed by atoms with E-state index >= 15 is 4.39 Å². The molecule has 0 atom stereocenters. The first kappa shape index (κ1) is 30.2. The highest BCUT2D eigenvalue weighted by atomic mass is 19.1. The zero-order chi connectivity index (χ0) is 30.2. The summed E-state index contributed by atoms with van der Waals surface area (Å²) in [6.07, 6.45) is 4.45. The van der Waals surface area contributed by atoms with Crippen molar-refractivity contribution < 1.29 is 28.1 Å². The number of allylic oxidation sites excluding steroid dienone is 1. The highest BCUT2D eigenvalue weighted by Crippen LogP contribution is 2.62. The summed E-state index contributed by atoms with van der Waals surface area (Å²) in [7, 11) is 1.69. The Balaban J connectivity index is 1.58. The second-order valence-electron chi connectivity index (χ2n) is 12.3. The first-order valence-corrected chi connectivity index (χ1v) is 15.3. The molecule has 1 saturated carbocycles. The Morgan fingerprint density at radius 1 is 1.05 bits per heavy atom. The minimum atomic E-state index is -0.421. The van der Waals surface area contributed by atoms with Gasteiger partial charge in [0.1, 0.15) is 5.75 Å². The van der Waals surface area contributed by atoms with Crippen molar-refractivity contribution in [3.05, 3.63) is 52.3 Å². The third kappa shape index (κ3) is 5.23. The maximum atomic E-state index is 16.3. The van der Waals surface area contributed by atoms with Crippen LogP contribution in [0.3, 0.4) is 0 Å². The zero-order valence-electron chi connectivity index (χ0n) is 26.2. The molecular weight excluding hydrogens is 535 g/mol. The quantitative estimate of drug-likeness (QED) is 0.290. The van der Waals surface area contributed by atoms with E-state index in [9.17, 15) is 4.79 Å². The van der Waals surface area contributed by atoms with Crippen LogP contribution in [0, 0.1) is 5.82 Å². The van der Waals surface area contributed by atoms with E-state index in [2.05, 4.69) is 30.6 Å². The number of benzene rings is 2. The molecule has 0 unspecified atom stereocenters. The normalized spacial score (nSPS) is 18.4.